The van der Waals surface area contributed by atoms with Crippen molar-refractivity contribution in [1.82, 2.24) is 0 Å². The number of halogens is 1. The Kier molecular flexibility index (Phi) is 3.80. The maximum atomic E-state index is 13.0. The van der Waals surface area contributed by atoms with Gasteiger partial charge in [-0.1, -0.05) is 30.3 Å². The highest BCUT2D eigenvalue weighted by Gasteiger charge is 2.31. The summed E-state index contributed by atoms with van der Waals surface area (Å²) < 4.78 is 18.5. The lowest BCUT2D eigenvalue weighted by Crippen LogP contribution is -2.29. The number of hydrogen-bond acceptors (Lipinski definition) is 3. The third-order valence-electron chi connectivity index (χ3n) is 4.59. The molecule has 0 bridgehead atoms. The predicted molar refractivity (Wildman–Crippen MR) is 92.1 cm³/mol. The summed E-state index contributed by atoms with van der Waals surface area (Å²) in [7, 11) is 0. The Hall–Kier alpha value is -3.01. The maximum Gasteiger partial charge on any atom is 0.315 e. The first-order valence-electron chi connectivity index (χ1n) is 8.13. The molecule has 1 atom stereocenters. The minimum Gasteiger partial charge on any atom is -0.426 e. The van der Waals surface area contributed by atoms with E-state index in [-0.39, 0.29) is 12.2 Å². The van der Waals surface area contributed by atoms with Crippen molar-refractivity contribution in [3.63, 3.8) is 0 Å². The first-order valence-corrected chi connectivity index (χ1v) is 8.13. The van der Waals surface area contributed by atoms with Gasteiger partial charge in [-0.15, -0.1) is 0 Å². The van der Waals surface area contributed by atoms with Crippen LogP contribution in [0.25, 0.3) is 10.8 Å². The van der Waals surface area contributed by atoms with Crippen molar-refractivity contribution in [2.45, 2.75) is 12.8 Å². The molecule has 0 saturated carbocycles. The van der Waals surface area contributed by atoms with E-state index in [0.717, 1.165) is 16.3 Å². The smallest absolute Gasteiger partial charge is 0.315 e. The number of carbonyl (C=O) groups is 2. The molecule has 0 N–H and O–H groups in total. The highest BCUT2D eigenvalue weighted by atomic mass is 19.1. The Morgan fingerprint density at radius 2 is 1.80 bits per heavy atom. The molecule has 3 aromatic rings. The molecule has 0 aromatic heterocycles. The molecule has 0 aliphatic carbocycles. The molecular weight excluding hydrogens is 319 g/mol. The van der Waals surface area contributed by atoms with Gasteiger partial charge in [0.25, 0.3) is 0 Å². The second-order valence-corrected chi connectivity index (χ2v) is 6.22. The van der Waals surface area contributed by atoms with Crippen molar-refractivity contribution in [1.29, 1.82) is 0 Å². The second-order valence-electron chi connectivity index (χ2n) is 6.22. The quantitative estimate of drug-likeness (QED) is 0.407. The Bertz CT molecular complexity index is 976. The van der Waals surface area contributed by atoms with Gasteiger partial charge in [0.2, 0.25) is 0 Å². The molecular formula is C21H15FO3. The molecule has 124 valence electrons. The lowest BCUT2D eigenvalue weighted by Gasteiger charge is -2.24. The van der Waals surface area contributed by atoms with Crippen LogP contribution in [0.3, 0.4) is 0 Å². The summed E-state index contributed by atoms with van der Waals surface area (Å²) in [6.45, 7) is 0. The van der Waals surface area contributed by atoms with Crippen LogP contribution in [0, 0.1) is 11.7 Å². The normalized spacial score (nSPS) is 16.4. The van der Waals surface area contributed by atoms with Crippen LogP contribution in [-0.2, 0) is 11.2 Å². The van der Waals surface area contributed by atoms with Crippen molar-refractivity contribution >= 4 is 22.5 Å². The van der Waals surface area contributed by atoms with Gasteiger partial charge in [-0.05, 0) is 47.5 Å². The molecule has 0 unspecified atom stereocenters. The van der Waals surface area contributed by atoms with Gasteiger partial charge >= 0.3 is 5.97 Å². The molecule has 3 nitrogen and oxygen atoms in total. The molecule has 1 aliphatic heterocycles. The van der Waals surface area contributed by atoms with Gasteiger partial charge in [0.15, 0.2) is 5.78 Å². The summed E-state index contributed by atoms with van der Waals surface area (Å²) in [6, 6.07) is 17.0. The lowest BCUT2D eigenvalue weighted by atomic mass is 9.88. The second kappa shape index (κ2) is 6.13. The topological polar surface area (TPSA) is 43.4 Å². The Labute approximate surface area is 144 Å². The van der Waals surface area contributed by atoms with Crippen LogP contribution in [0.2, 0.25) is 0 Å². The average molecular weight is 334 g/mol. The lowest BCUT2D eigenvalue weighted by molar-refractivity contribution is -0.140. The Morgan fingerprint density at radius 1 is 1.04 bits per heavy atom. The van der Waals surface area contributed by atoms with Gasteiger partial charge in [0.1, 0.15) is 11.6 Å². The minimum atomic E-state index is -0.532. The van der Waals surface area contributed by atoms with Gasteiger partial charge in [0, 0.05) is 17.5 Å². The third-order valence-corrected chi connectivity index (χ3v) is 4.59. The van der Waals surface area contributed by atoms with Crippen LogP contribution in [-0.4, -0.2) is 11.8 Å². The molecule has 25 heavy (non-hydrogen) atoms. The number of fused-ring (bicyclic) bond motifs is 3. The molecule has 0 amide bonds. The maximum absolute atomic E-state index is 13.0. The highest BCUT2D eigenvalue weighted by molar-refractivity contribution is 5.99. The fraction of sp³-hybridized carbons (Fsp3) is 0.143. The zero-order valence-corrected chi connectivity index (χ0v) is 13.4. The van der Waals surface area contributed by atoms with E-state index in [2.05, 4.69) is 0 Å². The molecule has 0 radical (unpaired) electrons. The SMILES string of the molecule is O=C(C[C@@H]1Cc2c(ccc3ccccc23)OC1=O)c1ccc(F)cc1. The minimum absolute atomic E-state index is 0.0487. The zero-order chi connectivity index (χ0) is 17.4. The molecule has 0 spiro atoms. The van der Waals surface area contributed by atoms with Crippen LogP contribution in [0.5, 0.6) is 5.75 Å². The summed E-state index contributed by atoms with van der Waals surface area (Å²) in [6.07, 6.45) is 0.510. The van der Waals surface area contributed by atoms with Gasteiger partial charge < -0.3 is 4.74 Å². The summed E-state index contributed by atoms with van der Waals surface area (Å²) in [4.78, 5) is 24.7. The first-order chi connectivity index (χ1) is 12.1. The van der Waals surface area contributed by atoms with Gasteiger partial charge in [0.05, 0.1) is 5.92 Å². The van der Waals surface area contributed by atoms with Crippen molar-refractivity contribution in [2.24, 2.45) is 5.92 Å². The number of ether oxygens (including phenoxy) is 1. The van der Waals surface area contributed by atoms with Gasteiger partial charge in [-0.25, -0.2) is 4.39 Å². The van der Waals surface area contributed by atoms with E-state index in [4.69, 9.17) is 4.74 Å². The van der Waals surface area contributed by atoms with E-state index in [0.29, 0.717) is 17.7 Å². The van der Waals surface area contributed by atoms with Gasteiger partial charge in [-0.3, -0.25) is 9.59 Å². The number of rotatable bonds is 3. The van der Waals surface area contributed by atoms with E-state index >= 15 is 0 Å². The van der Waals surface area contributed by atoms with Crippen LogP contribution in [0.1, 0.15) is 22.3 Å². The summed E-state index contributed by atoms with van der Waals surface area (Å²) >= 11 is 0. The Morgan fingerprint density at radius 3 is 2.60 bits per heavy atom. The molecule has 4 heteroatoms. The van der Waals surface area contributed by atoms with E-state index in [9.17, 15) is 14.0 Å². The van der Waals surface area contributed by atoms with Crippen molar-refractivity contribution in [2.75, 3.05) is 0 Å². The summed E-state index contributed by atoms with van der Waals surface area (Å²) in [5, 5.41) is 2.11. The molecule has 1 heterocycles. The number of hydrogen-bond donors (Lipinski definition) is 0. The number of esters is 1. The number of benzene rings is 3. The van der Waals surface area contributed by atoms with Crippen LogP contribution in [0.15, 0.2) is 60.7 Å². The number of Topliss-reactive ketones (excluding diaryl/α,β-unsaturated/α-hetero) is 1. The van der Waals surface area contributed by atoms with Gasteiger partial charge in [-0.2, -0.15) is 0 Å². The van der Waals surface area contributed by atoms with E-state index in [1.807, 2.05) is 30.3 Å². The zero-order valence-electron chi connectivity index (χ0n) is 13.4. The highest BCUT2D eigenvalue weighted by Crippen LogP contribution is 2.35. The Balaban J connectivity index is 1.62. The third kappa shape index (κ3) is 2.91. The molecule has 4 rings (SSSR count). The fourth-order valence-electron chi connectivity index (χ4n) is 3.28. The standard InChI is InChI=1S/C21H15FO3/c22-16-8-5-14(6-9-16)19(23)12-15-11-18-17-4-2-1-3-13(17)7-10-20(18)25-21(15)24/h1-10,15H,11-12H2/t15-/m0/s1. The van der Waals surface area contributed by atoms with Crippen molar-refractivity contribution in [3.8, 4) is 5.75 Å². The molecule has 1 aliphatic rings. The van der Waals surface area contributed by atoms with Crippen LogP contribution < -0.4 is 4.74 Å². The van der Waals surface area contributed by atoms with Crippen molar-refractivity contribution < 1.29 is 18.7 Å². The predicted octanol–water partition coefficient (Wildman–Crippen LogP) is 4.33. The molecule has 0 saturated heterocycles. The molecule has 0 fully saturated rings. The monoisotopic (exact) mass is 334 g/mol. The fourth-order valence-corrected chi connectivity index (χ4v) is 3.28. The van der Waals surface area contributed by atoms with E-state index in [1.165, 1.54) is 24.3 Å². The average Bonchev–Trinajstić information content (AvgIpc) is 2.63. The number of ketones is 1. The van der Waals surface area contributed by atoms with Crippen LogP contribution in [0.4, 0.5) is 4.39 Å². The summed E-state index contributed by atoms with van der Waals surface area (Å²) in [5.74, 6) is -0.942. The van der Waals surface area contributed by atoms with Crippen LogP contribution >= 0.6 is 0 Å². The summed E-state index contributed by atoms with van der Waals surface area (Å²) in [5.41, 5.74) is 1.35. The van der Waals surface area contributed by atoms with E-state index < -0.39 is 17.7 Å². The molecule has 3 aromatic carbocycles. The van der Waals surface area contributed by atoms with Crippen molar-refractivity contribution in [3.05, 3.63) is 77.6 Å². The van der Waals surface area contributed by atoms with E-state index in [1.54, 1.807) is 6.07 Å². The largest absolute Gasteiger partial charge is 0.426 e. The first kappa shape index (κ1) is 15.5. The number of carbonyl (C=O) groups excluding carboxylic acids is 2.